The lowest BCUT2D eigenvalue weighted by Crippen LogP contribution is -2.46. The normalized spacial score (nSPS) is 22.6. The van der Waals surface area contributed by atoms with Crippen molar-refractivity contribution in [2.24, 2.45) is 17.1 Å². The smallest absolute Gasteiger partial charge is 0.0396 e. The van der Waals surface area contributed by atoms with Gasteiger partial charge in [-0.3, -0.25) is 0 Å². The largest absolute Gasteiger partial charge is 0.371 e. The second-order valence-corrected chi connectivity index (χ2v) is 6.76. The third-order valence-corrected chi connectivity index (χ3v) is 4.66. The van der Waals surface area contributed by atoms with Crippen molar-refractivity contribution in [1.82, 2.24) is 0 Å². The fourth-order valence-electron chi connectivity index (χ4n) is 3.50. The van der Waals surface area contributed by atoms with Crippen LogP contribution < -0.4 is 10.6 Å². The summed E-state index contributed by atoms with van der Waals surface area (Å²) >= 11 is 0. The standard InChI is InChI=1S/C17H28N2/c1-13-5-6-16(14(2)11-13)19-10-8-15(7-9-18)17(3,4)12-19/h5-6,11,15H,7-10,12,18H2,1-4H3. The first-order chi connectivity index (χ1) is 8.94. The Bertz CT molecular complexity index is 437. The number of piperidine rings is 1. The molecule has 0 amide bonds. The van der Waals surface area contributed by atoms with Crippen LogP contribution in [0.4, 0.5) is 5.69 Å². The summed E-state index contributed by atoms with van der Waals surface area (Å²) in [5, 5.41) is 0. The molecule has 1 saturated heterocycles. The number of anilines is 1. The van der Waals surface area contributed by atoms with Crippen molar-refractivity contribution in [3.05, 3.63) is 29.3 Å². The maximum absolute atomic E-state index is 5.75. The summed E-state index contributed by atoms with van der Waals surface area (Å²) in [7, 11) is 0. The number of benzene rings is 1. The summed E-state index contributed by atoms with van der Waals surface area (Å²) in [4.78, 5) is 2.56. The van der Waals surface area contributed by atoms with E-state index in [1.165, 1.54) is 23.2 Å². The van der Waals surface area contributed by atoms with E-state index in [1.807, 2.05) is 0 Å². The number of hydrogen-bond donors (Lipinski definition) is 1. The van der Waals surface area contributed by atoms with E-state index in [0.29, 0.717) is 5.41 Å². The lowest BCUT2D eigenvalue weighted by molar-refractivity contribution is 0.167. The molecule has 2 N–H and O–H groups in total. The van der Waals surface area contributed by atoms with Crippen molar-refractivity contribution in [3.8, 4) is 0 Å². The quantitative estimate of drug-likeness (QED) is 0.901. The van der Waals surface area contributed by atoms with E-state index >= 15 is 0 Å². The van der Waals surface area contributed by atoms with Gasteiger partial charge in [0, 0.05) is 18.8 Å². The fraction of sp³-hybridized carbons (Fsp3) is 0.647. The van der Waals surface area contributed by atoms with Crippen LogP contribution >= 0.6 is 0 Å². The van der Waals surface area contributed by atoms with Crippen LogP contribution in [-0.2, 0) is 0 Å². The lowest BCUT2D eigenvalue weighted by Gasteiger charge is -2.46. The Hall–Kier alpha value is -1.02. The van der Waals surface area contributed by atoms with Gasteiger partial charge in [-0.15, -0.1) is 0 Å². The zero-order chi connectivity index (χ0) is 14.0. The molecule has 1 heterocycles. The Kier molecular flexibility index (Phi) is 4.19. The van der Waals surface area contributed by atoms with Crippen LogP contribution in [0.25, 0.3) is 0 Å². The minimum Gasteiger partial charge on any atom is -0.371 e. The highest BCUT2D eigenvalue weighted by molar-refractivity contribution is 5.54. The predicted molar refractivity (Wildman–Crippen MR) is 83.7 cm³/mol. The van der Waals surface area contributed by atoms with Crippen molar-refractivity contribution < 1.29 is 0 Å². The summed E-state index contributed by atoms with van der Waals surface area (Å²) in [6.07, 6.45) is 2.42. The van der Waals surface area contributed by atoms with E-state index in [4.69, 9.17) is 5.73 Å². The molecule has 1 aliphatic rings. The fourth-order valence-corrected chi connectivity index (χ4v) is 3.50. The van der Waals surface area contributed by atoms with Gasteiger partial charge in [0.2, 0.25) is 0 Å². The van der Waals surface area contributed by atoms with Gasteiger partial charge in [-0.1, -0.05) is 31.5 Å². The summed E-state index contributed by atoms with van der Waals surface area (Å²) in [5.41, 5.74) is 10.3. The highest BCUT2D eigenvalue weighted by Crippen LogP contribution is 2.39. The third kappa shape index (κ3) is 3.11. The van der Waals surface area contributed by atoms with E-state index in [-0.39, 0.29) is 0 Å². The van der Waals surface area contributed by atoms with Crippen molar-refractivity contribution in [3.63, 3.8) is 0 Å². The van der Waals surface area contributed by atoms with Crippen LogP contribution in [0.2, 0.25) is 0 Å². The first kappa shape index (κ1) is 14.4. The van der Waals surface area contributed by atoms with Gasteiger partial charge < -0.3 is 10.6 Å². The highest BCUT2D eigenvalue weighted by atomic mass is 15.1. The molecule has 1 unspecified atom stereocenters. The van der Waals surface area contributed by atoms with Crippen molar-refractivity contribution in [2.75, 3.05) is 24.5 Å². The molecule has 0 spiro atoms. The molecule has 0 bridgehead atoms. The first-order valence-corrected chi connectivity index (χ1v) is 7.46. The van der Waals surface area contributed by atoms with Gasteiger partial charge in [-0.25, -0.2) is 0 Å². The van der Waals surface area contributed by atoms with Crippen molar-refractivity contribution in [1.29, 1.82) is 0 Å². The molecule has 0 aliphatic carbocycles. The van der Waals surface area contributed by atoms with Gasteiger partial charge in [0.1, 0.15) is 0 Å². The zero-order valence-corrected chi connectivity index (χ0v) is 12.9. The number of nitrogens with two attached hydrogens (primary N) is 1. The van der Waals surface area contributed by atoms with E-state index in [0.717, 1.165) is 32.0 Å². The van der Waals surface area contributed by atoms with Crippen molar-refractivity contribution >= 4 is 5.69 Å². The van der Waals surface area contributed by atoms with Crippen LogP contribution in [0.15, 0.2) is 18.2 Å². The summed E-state index contributed by atoms with van der Waals surface area (Å²) in [6, 6.07) is 6.79. The van der Waals surface area contributed by atoms with E-state index in [2.05, 4.69) is 50.8 Å². The molecule has 19 heavy (non-hydrogen) atoms. The first-order valence-electron chi connectivity index (χ1n) is 7.46. The van der Waals surface area contributed by atoms with E-state index in [1.54, 1.807) is 0 Å². The van der Waals surface area contributed by atoms with E-state index in [9.17, 15) is 0 Å². The maximum Gasteiger partial charge on any atom is 0.0396 e. The van der Waals surface area contributed by atoms with Crippen LogP contribution in [0, 0.1) is 25.2 Å². The van der Waals surface area contributed by atoms with Crippen LogP contribution in [-0.4, -0.2) is 19.6 Å². The van der Waals surface area contributed by atoms with Crippen LogP contribution in [0.5, 0.6) is 0 Å². The van der Waals surface area contributed by atoms with Crippen LogP contribution in [0.1, 0.15) is 37.8 Å². The molecule has 1 atom stereocenters. The Balaban J connectivity index is 2.16. The number of nitrogens with zero attached hydrogens (tertiary/aromatic N) is 1. The Morgan fingerprint density at radius 3 is 2.63 bits per heavy atom. The average molecular weight is 260 g/mol. The second-order valence-electron chi connectivity index (χ2n) is 6.76. The number of aryl methyl sites for hydroxylation is 2. The Labute approximate surface area is 118 Å². The topological polar surface area (TPSA) is 29.3 Å². The van der Waals surface area contributed by atoms with Gasteiger partial charge in [0.15, 0.2) is 0 Å². The Morgan fingerprint density at radius 1 is 1.32 bits per heavy atom. The minimum atomic E-state index is 0.356. The Morgan fingerprint density at radius 2 is 2.05 bits per heavy atom. The molecule has 106 valence electrons. The van der Waals surface area contributed by atoms with Gasteiger partial charge in [0.25, 0.3) is 0 Å². The molecular formula is C17H28N2. The maximum atomic E-state index is 5.75. The monoisotopic (exact) mass is 260 g/mol. The molecule has 0 saturated carbocycles. The molecule has 2 rings (SSSR count). The molecule has 0 radical (unpaired) electrons. The minimum absolute atomic E-state index is 0.356. The summed E-state index contributed by atoms with van der Waals surface area (Å²) < 4.78 is 0. The van der Waals surface area contributed by atoms with Gasteiger partial charge in [-0.2, -0.15) is 0 Å². The lowest BCUT2D eigenvalue weighted by atomic mass is 9.72. The molecule has 1 aromatic carbocycles. The highest BCUT2D eigenvalue weighted by Gasteiger charge is 2.35. The number of rotatable bonds is 3. The van der Waals surface area contributed by atoms with Gasteiger partial charge >= 0.3 is 0 Å². The van der Waals surface area contributed by atoms with Crippen LogP contribution in [0.3, 0.4) is 0 Å². The van der Waals surface area contributed by atoms with Gasteiger partial charge in [0.05, 0.1) is 0 Å². The number of hydrogen-bond acceptors (Lipinski definition) is 2. The average Bonchev–Trinajstić information content (AvgIpc) is 2.31. The molecule has 2 nitrogen and oxygen atoms in total. The molecule has 1 aromatic rings. The van der Waals surface area contributed by atoms with Crippen molar-refractivity contribution in [2.45, 2.75) is 40.5 Å². The zero-order valence-electron chi connectivity index (χ0n) is 12.9. The second kappa shape index (κ2) is 5.54. The molecular weight excluding hydrogens is 232 g/mol. The van der Waals surface area contributed by atoms with E-state index < -0.39 is 0 Å². The third-order valence-electron chi connectivity index (χ3n) is 4.66. The van der Waals surface area contributed by atoms with Gasteiger partial charge in [-0.05, 0) is 56.2 Å². The summed E-state index contributed by atoms with van der Waals surface area (Å²) in [5.74, 6) is 0.763. The molecule has 2 heteroatoms. The SMILES string of the molecule is Cc1ccc(N2CCC(CCN)C(C)(C)C2)c(C)c1. The molecule has 1 aliphatic heterocycles. The molecule has 1 fully saturated rings. The molecule has 0 aromatic heterocycles. The predicted octanol–water partition coefficient (Wildman–Crippen LogP) is 3.50. The summed E-state index contributed by atoms with van der Waals surface area (Å²) in [6.45, 7) is 12.3.